The van der Waals surface area contributed by atoms with Crippen molar-refractivity contribution >= 4 is 0 Å². The second kappa shape index (κ2) is 6.94. The molecule has 1 heterocycles. The number of aromatic nitrogens is 1. The first-order valence-electron chi connectivity index (χ1n) is 7.58. The van der Waals surface area contributed by atoms with Crippen LogP contribution in [0.2, 0.25) is 0 Å². The first-order valence-corrected chi connectivity index (χ1v) is 7.58. The van der Waals surface area contributed by atoms with Gasteiger partial charge in [-0.1, -0.05) is 30.3 Å². The third-order valence-corrected chi connectivity index (χ3v) is 3.77. The quantitative estimate of drug-likeness (QED) is 0.696. The zero-order valence-corrected chi connectivity index (χ0v) is 13.4. The van der Waals surface area contributed by atoms with Crippen LogP contribution in [-0.4, -0.2) is 4.98 Å². The fourth-order valence-corrected chi connectivity index (χ4v) is 2.40. The van der Waals surface area contributed by atoms with Crippen LogP contribution in [0.25, 0.3) is 11.1 Å². The summed E-state index contributed by atoms with van der Waals surface area (Å²) in [5.74, 6) is -4.11. The predicted octanol–water partition coefficient (Wildman–Crippen LogP) is 4.73. The molecule has 0 spiro atoms. The summed E-state index contributed by atoms with van der Waals surface area (Å²) in [6.07, 6.45) is 0. The van der Waals surface area contributed by atoms with Crippen molar-refractivity contribution in [1.82, 2.24) is 4.98 Å². The van der Waals surface area contributed by atoms with Gasteiger partial charge in [0.1, 0.15) is 5.75 Å². The maximum absolute atomic E-state index is 14.0. The summed E-state index contributed by atoms with van der Waals surface area (Å²) in [6.45, 7) is 1.53. The lowest BCUT2D eigenvalue weighted by atomic mass is 10.0. The largest absolute Gasteiger partial charge is 0.436 e. The summed E-state index contributed by atoms with van der Waals surface area (Å²) in [5.41, 5.74) is 7.85. The Bertz CT molecular complexity index is 929. The highest BCUT2D eigenvalue weighted by molar-refractivity contribution is 5.66. The minimum Gasteiger partial charge on any atom is -0.436 e. The van der Waals surface area contributed by atoms with Gasteiger partial charge in [-0.25, -0.2) is 8.78 Å². The Morgan fingerprint density at radius 1 is 0.960 bits per heavy atom. The smallest absolute Gasteiger partial charge is 0.259 e. The van der Waals surface area contributed by atoms with Gasteiger partial charge in [0.15, 0.2) is 11.6 Å². The molecule has 0 saturated heterocycles. The van der Waals surface area contributed by atoms with Crippen LogP contribution in [0.4, 0.5) is 13.2 Å². The molecule has 0 unspecified atom stereocenters. The molecule has 0 fully saturated rings. The Hall–Kier alpha value is -2.86. The van der Waals surface area contributed by atoms with Gasteiger partial charge in [-0.05, 0) is 41.8 Å². The van der Waals surface area contributed by atoms with Crippen LogP contribution >= 0.6 is 0 Å². The maximum Gasteiger partial charge on any atom is 0.259 e. The fraction of sp³-hybridized carbons (Fsp3) is 0.105. The standard InChI is InChI=1S/C19H15F3N2O/c1-11-16(20)18(22)24-19(17(11)21)25-15-7-3-6-14(9-15)13-5-2-4-12(8-13)10-23/h2-9H,10,23H2,1H3. The van der Waals surface area contributed by atoms with E-state index in [1.54, 1.807) is 18.2 Å². The van der Waals surface area contributed by atoms with E-state index < -0.39 is 29.0 Å². The average molecular weight is 344 g/mol. The number of benzene rings is 2. The Balaban J connectivity index is 1.95. The average Bonchev–Trinajstić information content (AvgIpc) is 2.64. The number of nitrogens with two attached hydrogens (primary N) is 1. The van der Waals surface area contributed by atoms with E-state index in [9.17, 15) is 13.2 Å². The minimum atomic E-state index is -1.40. The van der Waals surface area contributed by atoms with Gasteiger partial charge in [0.25, 0.3) is 11.8 Å². The lowest BCUT2D eigenvalue weighted by molar-refractivity contribution is 0.382. The number of pyridine rings is 1. The monoisotopic (exact) mass is 344 g/mol. The van der Waals surface area contributed by atoms with Crippen molar-refractivity contribution in [2.45, 2.75) is 13.5 Å². The summed E-state index contributed by atoms with van der Waals surface area (Å²) in [5, 5.41) is 0. The zero-order chi connectivity index (χ0) is 18.0. The molecule has 0 amide bonds. The summed E-state index contributed by atoms with van der Waals surface area (Å²) < 4.78 is 46.1. The van der Waals surface area contributed by atoms with Gasteiger partial charge in [0, 0.05) is 12.1 Å². The van der Waals surface area contributed by atoms with Crippen molar-refractivity contribution < 1.29 is 17.9 Å². The van der Waals surface area contributed by atoms with Gasteiger partial charge >= 0.3 is 0 Å². The molecule has 0 radical (unpaired) electrons. The molecule has 2 N–H and O–H groups in total. The molecule has 3 nitrogen and oxygen atoms in total. The first kappa shape index (κ1) is 17.0. The highest BCUT2D eigenvalue weighted by Gasteiger charge is 2.19. The molecule has 0 aliphatic carbocycles. The second-order valence-corrected chi connectivity index (χ2v) is 5.50. The van der Waals surface area contributed by atoms with Gasteiger partial charge in [0.05, 0.1) is 0 Å². The van der Waals surface area contributed by atoms with E-state index in [-0.39, 0.29) is 5.75 Å². The molecule has 25 heavy (non-hydrogen) atoms. The van der Waals surface area contributed by atoms with Gasteiger partial charge in [0.2, 0.25) is 0 Å². The topological polar surface area (TPSA) is 48.1 Å². The van der Waals surface area contributed by atoms with Gasteiger partial charge in [-0.3, -0.25) is 0 Å². The van der Waals surface area contributed by atoms with E-state index in [1.807, 2.05) is 30.3 Å². The van der Waals surface area contributed by atoms with Crippen LogP contribution in [0.15, 0.2) is 48.5 Å². The van der Waals surface area contributed by atoms with Crippen molar-refractivity contribution in [2.24, 2.45) is 5.73 Å². The Labute approximate surface area is 142 Å². The van der Waals surface area contributed by atoms with Crippen molar-refractivity contribution in [2.75, 3.05) is 0 Å². The Kier molecular flexibility index (Phi) is 4.72. The summed E-state index contributed by atoms with van der Waals surface area (Å²) >= 11 is 0. The SMILES string of the molecule is Cc1c(F)c(F)nc(Oc2cccc(-c3cccc(CN)c3)c2)c1F. The van der Waals surface area contributed by atoms with E-state index in [2.05, 4.69) is 4.98 Å². The Morgan fingerprint density at radius 3 is 2.36 bits per heavy atom. The molecule has 6 heteroatoms. The molecule has 0 saturated carbocycles. The second-order valence-electron chi connectivity index (χ2n) is 5.50. The fourth-order valence-electron chi connectivity index (χ4n) is 2.40. The summed E-state index contributed by atoms with van der Waals surface area (Å²) in [7, 11) is 0. The maximum atomic E-state index is 14.0. The number of rotatable bonds is 4. The van der Waals surface area contributed by atoms with E-state index in [1.165, 1.54) is 0 Å². The highest BCUT2D eigenvalue weighted by atomic mass is 19.2. The van der Waals surface area contributed by atoms with Crippen LogP contribution < -0.4 is 10.5 Å². The molecule has 3 rings (SSSR count). The number of hydrogen-bond donors (Lipinski definition) is 1. The van der Waals surface area contributed by atoms with Gasteiger partial charge < -0.3 is 10.5 Å². The minimum absolute atomic E-state index is 0.257. The van der Waals surface area contributed by atoms with Crippen LogP contribution in [0.5, 0.6) is 11.6 Å². The number of ether oxygens (including phenoxy) is 1. The molecule has 0 aliphatic rings. The number of hydrogen-bond acceptors (Lipinski definition) is 3. The molecule has 3 aromatic rings. The van der Waals surface area contributed by atoms with Gasteiger partial charge in [-0.15, -0.1) is 0 Å². The van der Waals surface area contributed by atoms with Crippen molar-refractivity contribution in [1.29, 1.82) is 0 Å². The van der Waals surface area contributed by atoms with E-state index in [0.717, 1.165) is 23.6 Å². The summed E-state index contributed by atoms with van der Waals surface area (Å²) in [4.78, 5) is 3.20. The molecule has 0 aliphatic heterocycles. The molecular weight excluding hydrogens is 329 g/mol. The molecule has 0 bridgehead atoms. The normalized spacial score (nSPS) is 10.8. The molecule has 2 aromatic carbocycles. The third kappa shape index (κ3) is 3.49. The first-order chi connectivity index (χ1) is 12.0. The number of halogens is 3. The molecule has 128 valence electrons. The van der Waals surface area contributed by atoms with Gasteiger partial charge in [-0.2, -0.15) is 9.37 Å². The van der Waals surface area contributed by atoms with E-state index in [4.69, 9.17) is 10.5 Å². The Morgan fingerprint density at radius 2 is 1.64 bits per heavy atom. The van der Waals surface area contributed by atoms with Crippen molar-refractivity contribution in [3.05, 3.63) is 77.2 Å². The van der Waals surface area contributed by atoms with E-state index >= 15 is 0 Å². The van der Waals surface area contributed by atoms with E-state index in [0.29, 0.717) is 6.54 Å². The lowest BCUT2D eigenvalue weighted by Crippen LogP contribution is -2.02. The van der Waals surface area contributed by atoms with Crippen LogP contribution in [0.1, 0.15) is 11.1 Å². The molecule has 0 atom stereocenters. The predicted molar refractivity (Wildman–Crippen MR) is 88.7 cm³/mol. The highest BCUT2D eigenvalue weighted by Crippen LogP contribution is 2.30. The van der Waals surface area contributed by atoms with Crippen LogP contribution in [0.3, 0.4) is 0 Å². The molecular formula is C19H15F3N2O. The van der Waals surface area contributed by atoms with Crippen LogP contribution in [0, 0.1) is 24.5 Å². The van der Waals surface area contributed by atoms with Crippen molar-refractivity contribution in [3.8, 4) is 22.8 Å². The zero-order valence-electron chi connectivity index (χ0n) is 13.4. The van der Waals surface area contributed by atoms with Crippen LogP contribution in [-0.2, 0) is 6.54 Å². The summed E-state index contributed by atoms with van der Waals surface area (Å²) in [6, 6.07) is 14.4. The molecule has 1 aromatic heterocycles. The lowest BCUT2D eigenvalue weighted by Gasteiger charge is -2.10. The number of nitrogens with zero attached hydrogens (tertiary/aromatic N) is 1. The third-order valence-electron chi connectivity index (χ3n) is 3.77. The van der Waals surface area contributed by atoms with Crippen molar-refractivity contribution in [3.63, 3.8) is 0 Å².